The first-order valence-electron chi connectivity index (χ1n) is 10.8. The first-order chi connectivity index (χ1) is 15.9. The van der Waals surface area contributed by atoms with Crippen molar-refractivity contribution in [3.8, 4) is 0 Å². The van der Waals surface area contributed by atoms with Crippen LogP contribution in [0.4, 0.5) is 14.6 Å². The molecule has 4 rings (SSSR count). The minimum atomic E-state index is -2.57. The Balaban J connectivity index is 1.77. The van der Waals surface area contributed by atoms with Crippen LogP contribution < -0.4 is 15.8 Å². The zero-order valence-electron chi connectivity index (χ0n) is 19.0. The topological polar surface area (TPSA) is 126 Å². The normalized spacial score (nSPS) is 28.4. The Labute approximate surface area is 203 Å². The molecule has 34 heavy (non-hydrogen) atoms. The number of anilines is 1. The fourth-order valence-corrected chi connectivity index (χ4v) is 8.22. The second-order valence-electron chi connectivity index (χ2n) is 9.12. The standard InChI is InChI=1S/C22H27ClF2N6O2S/c1-21(2)20(26)31-22(3,15-6-4-5-9-28-34(15,21)33)18-14(25)7-8-16(29-18)30-19(32)17-13(23)10-12(24)11-27-17/h7-8,10-11,15,28,33H,4-6,9H2,1-3H3,(H2,26,31)(H,29,30,32)/t15-,22-/m0/s1. The maximum Gasteiger partial charge on any atom is 0.276 e. The summed E-state index contributed by atoms with van der Waals surface area (Å²) in [4.78, 5) is 25.4. The van der Waals surface area contributed by atoms with E-state index in [1.165, 1.54) is 12.1 Å². The number of hydrogen-bond acceptors (Lipinski definition) is 7. The maximum atomic E-state index is 15.2. The molecule has 2 aromatic heterocycles. The van der Waals surface area contributed by atoms with Gasteiger partial charge in [-0.25, -0.2) is 18.7 Å². The summed E-state index contributed by atoms with van der Waals surface area (Å²) < 4.78 is 42.9. The van der Waals surface area contributed by atoms with E-state index >= 15 is 4.39 Å². The Morgan fingerprint density at radius 2 is 2.06 bits per heavy atom. The van der Waals surface area contributed by atoms with Crippen LogP contribution in [0.1, 0.15) is 56.2 Å². The van der Waals surface area contributed by atoms with Crippen LogP contribution in [0.3, 0.4) is 0 Å². The van der Waals surface area contributed by atoms with E-state index in [0.717, 1.165) is 25.1 Å². The van der Waals surface area contributed by atoms with Gasteiger partial charge in [-0.05, 0) is 51.8 Å². The summed E-state index contributed by atoms with van der Waals surface area (Å²) in [7, 11) is -2.57. The van der Waals surface area contributed by atoms with Gasteiger partial charge in [0.25, 0.3) is 5.91 Å². The van der Waals surface area contributed by atoms with Crippen LogP contribution in [-0.2, 0) is 5.54 Å². The van der Waals surface area contributed by atoms with Crippen LogP contribution in [0.2, 0.25) is 5.02 Å². The monoisotopic (exact) mass is 512 g/mol. The molecule has 4 heterocycles. The van der Waals surface area contributed by atoms with E-state index in [1.54, 1.807) is 6.92 Å². The van der Waals surface area contributed by atoms with Gasteiger partial charge in [-0.3, -0.25) is 14.5 Å². The number of rotatable bonds is 3. The number of carbonyl (C=O) groups excluding carboxylic acids is 1. The maximum absolute atomic E-state index is 15.2. The number of nitrogens with zero attached hydrogens (tertiary/aromatic N) is 3. The summed E-state index contributed by atoms with van der Waals surface area (Å²) in [5.41, 5.74) is 4.82. The number of nitrogens with one attached hydrogen (secondary N) is 2. The van der Waals surface area contributed by atoms with Gasteiger partial charge in [0.05, 0.1) is 21.2 Å². The number of carbonyl (C=O) groups is 1. The van der Waals surface area contributed by atoms with Gasteiger partial charge in [-0.15, -0.1) is 0 Å². The Hall–Kier alpha value is -2.34. The molecule has 5 N–H and O–H groups in total. The molecule has 0 unspecified atom stereocenters. The van der Waals surface area contributed by atoms with Gasteiger partial charge in [0.1, 0.15) is 40.2 Å². The molecule has 2 aliphatic rings. The Morgan fingerprint density at radius 1 is 1.32 bits per heavy atom. The predicted octanol–water partition coefficient (Wildman–Crippen LogP) is 4.36. The molecule has 0 spiro atoms. The lowest BCUT2D eigenvalue weighted by molar-refractivity contribution is 0.102. The predicted molar refractivity (Wildman–Crippen MR) is 130 cm³/mol. The SMILES string of the molecule is CC1(C)C(N)=N[C@](C)(c2nc(NC(=O)c3ncc(F)cc3Cl)ccc2F)[C@@H]2CCCCN[S@@]21O. The molecular formula is C22H27ClF2N6O2S. The first-order valence-corrected chi connectivity index (χ1v) is 12.9. The minimum Gasteiger partial charge on any atom is -0.386 e. The van der Waals surface area contributed by atoms with Crippen LogP contribution in [0.15, 0.2) is 29.4 Å². The zero-order chi connectivity index (χ0) is 24.9. The van der Waals surface area contributed by atoms with Gasteiger partial charge in [0.2, 0.25) is 0 Å². The van der Waals surface area contributed by atoms with Crippen LogP contribution in [0.25, 0.3) is 0 Å². The summed E-state index contributed by atoms with van der Waals surface area (Å²) in [6.45, 7) is 6.00. The number of pyridine rings is 2. The lowest BCUT2D eigenvalue weighted by Crippen LogP contribution is -2.60. The van der Waals surface area contributed by atoms with Crippen molar-refractivity contribution in [3.63, 3.8) is 0 Å². The van der Waals surface area contributed by atoms with E-state index in [-0.39, 0.29) is 28.1 Å². The fourth-order valence-electron chi connectivity index (χ4n) is 4.55. The van der Waals surface area contributed by atoms with Crippen LogP contribution in [0.5, 0.6) is 0 Å². The second-order valence-corrected chi connectivity index (χ2v) is 12.7. The van der Waals surface area contributed by atoms with Crippen molar-refractivity contribution >= 4 is 39.7 Å². The van der Waals surface area contributed by atoms with Crippen LogP contribution in [0, 0.1) is 11.6 Å². The van der Waals surface area contributed by atoms with Crippen molar-refractivity contribution in [2.45, 2.75) is 55.6 Å². The molecule has 0 radical (unpaired) electrons. The highest BCUT2D eigenvalue weighted by Crippen LogP contribution is 2.66. The zero-order valence-corrected chi connectivity index (χ0v) is 20.6. The van der Waals surface area contributed by atoms with E-state index in [4.69, 9.17) is 22.3 Å². The van der Waals surface area contributed by atoms with Crippen molar-refractivity contribution in [2.24, 2.45) is 10.7 Å². The van der Waals surface area contributed by atoms with Crippen molar-refractivity contribution in [3.05, 3.63) is 52.4 Å². The molecule has 12 heteroatoms. The molecule has 8 nitrogen and oxygen atoms in total. The number of amidine groups is 1. The number of aliphatic imine (C=N–C) groups is 1. The third-order valence-corrected chi connectivity index (χ3v) is 10.8. The summed E-state index contributed by atoms with van der Waals surface area (Å²) in [5, 5.41) is 1.89. The largest absolute Gasteiger partial charge is 0.386 e. The molecule has 0 aliphatic carbocycles. The molecule has 2 aliphatic heterocycles. The molecule has 1 amide bonds. The lowest BCUT2D eigenvalue weighted by Gasteiger charge is -2.58. The average molecular weight is 513 g/mol. The Kier molecular flexibility index (Phi) is 6.34. The van der Waals surface area contributed by atoms with Crippen molar-refractivity contribution in [1.29, 1.82) is 0 Å². The van der Waals surface area contributed by atoms with Crippen LogP contribution in [-0.4, -0.2) is 42.8 Å². The Morgan fingerprint density at radius 3 is 2.76 bits per heavy atom. The molecule has 0 bridgehead atoms. The van der Waals surface area contributed by atoms with Gasteiger partial charge in [-0.1, -0.05) is 28.5 Å². The number of hydrogen-bond donors (Lipinski definition) is 4. The quantitative estimate of drug-likeness (QED) is 0.484. The van der Waals surface area contributed by atoms with Gasteiger partial charge < -0.3 is 15.6 Å². The molecule has 1 fully saturated rings. The molecule has 184 valence electrons. The van der Waals surface area contributed by atoms with E-state index in [9.17, 15) is 13.7 Å². The molecule has 0 aromatic carbocycles. The summed E-state index contributed by atoms with van der Waals surface area (Å²) in [6.07, 6.45) is 3.15. The van der Waals surface area contributed by atoms with E-state index in [0.29, 0.717) is 13.0 Å². The summed E-state index contributed by atoms with van der Waals surface area (Å²) in [5.74, 6) is -1.81. The molecule has 1 saturated heterocycles. The highest BCUT2D eigenvalue weighted by Gasteiger charge is 2.59. The highest BCUT2D eigenvalue weighted by molar-refractivity contribution is 8.29. The van der Waals surface area contributed by atoms with Crippen molar-refractivity contribution in [2.75, 3.05) is 11.9 Å². The fraction of sp³-hybridized carbons (Fsp3) is 0.455. The second kappa shape index (κ2) is 8.71. The van der Waals surface area contributed by atoms with E-state index < -0.39 is 43.6 Å². The minimum absolute atomic E-state index is 0.0311. The Bertz CT molecular complexity index is 1180. The van der Waals surface area contributed by atoms with E-state index in [1.807, 2.05) is 13.8 Å². The summed E-state index contributed by atoms with van der Waals surface area (Å²) >= 11 is 5.93. The molecule has 3 atom stereocenters. The van der Waals surface area contributed by atoms with Crippen molar-refractivity contribution < 1.29 is 18.1 Å². The third kappa shape index (κ3) is 3.94. The first kappa shape index (κ1) is 24.8. The number of amides is 1. The van der Waals surface area contributed by atoms with Gasteiger partial charge in [0.15, 0.2) is 0 Å². The number of aromatic nitrogens is 2. The average Bonchev–Trinajstić information content (AvgIpc) is 2.97. The van der Waals surface area contributed by atoms with Gasteiger partial charge in [-0.2, -0.15) is 0 Å². The number of halogens is 3. The molecular weight excluding hydrogens is 486 g/mol. The van der Waals surface area contributed by atoms with Gasteiger partial charge in [0, 0.05) is 6.54 Å². The highest BCUT2D eigenvalue weighted by atomic mass is 35.5. The van der Waals surface area contributed by atoms with Crippen LogP contribution >= 0.6 is 22.1 Å². The summed E-state index contributed by atoms with van der Waals surface area (Å²) in [6, 6.07) is 3.44. The number of nitrogens with two attached hydrogens (primary N) is 1. The number of fused-ring (bicyclic) bond motifs is 1. The van der Waals surface area contributed by atoms with Gasteiger partial charge >= 0.3 is 0 Å². The third-order valence-electron chi connectivity index (χ3n) is 6.59. The molecule has 0 saturated carbocycles. The smallest absolute Gasteiger partial charge is 0.276 e. The molecule has 2 aromatic rings. The van der Waals surface area contributed by atoms with Crippen molar-refractivity contribution in [1.82, 2.24) is 14.7 Å². The van der Waals surface area contributed by atoms with E-state index in [2.05, 4.69) is 20.0 Å². The lowest BCUT2D eigenvalue weighted by atomic mass is 9.88.